The number of piperazine rings is 1. The molecule has 2 aliphatic heterocycles. The van der Waals surface area contributed by atoms with E-state index >= 15 is 0 Å². The van der Waals surface area contributed by atoms with Gasteiger partial charge in [0.05, 0.1) is 24.5 Å². The summed E-state index contributed by atoms with van der Waals surface area (Å²) in [4.78, 5) is 31.0. The fraction of sp³-hybridized carbons (Fsp3) is 0.429. The van der Waals surface area contributed by atoms with Crippen molar-refractivity contribution in [1.29, 1.82) is 5.26 Å². The molecular weight excluding hydrogens is 370 g/mol. The lowest BCUT2D eigenvalue weighted by atomic mass is 10.1. The Hall–Kier alpha value is -3.34. The predicted molar refractivity (Wildman–Crippen MR) is 109 cm³/mol. The molecule has 0 unspecified atom stereocenters. The first-order valence-electron chi connectivity index (χ1n) is 9.85. The van der Waals surface area contributed by atoms with Crippen molar-refractivity contribution in [2.75, 3.05) is 31.6 Å². The number of carbonyl (C=O) groups is 2. The number of nitriles is 1. The van der Waals surface area contributed by atoms with Crippen molar-refractivity contribution in [3.05, 3.63) is 35.5 Å². The van der Waals surface area contributed by atoms with Crippen molar-refractivity contribution in [1.82, 2.24) is 10.2 Å². The summed E-state index contributed by atoms with van der Waals surface area (Å²) in [6.07, 6.45) is 1.78. The fourth-order valence-electron chi connectivity index (χ4n) is 3.25. The number of aliphatic imine (C=N–C) groups is 1. The summed E-state index contributed by atoms with van der Waals surface area (Å²) in [7, 11) is 0. The lowest BCUT2D eigenvalue weighted by Crippen LogP contribution is -2.51. The lowest BCUT2D eigenvalue weighted by molar-refractivity contribution is -0.140. The third-order valence-electron chi connectivity index (χ3n) is 5.12. The van der Waals surface area contributed by atoms with E-state index < -0.39 is 5.97 Å². The van der Waals surface area contributed by atoms with Gasteiger partial charge in [0.25, 0.3) is 0 Å². The zero-order valence-electron chi connectivity index (χ0n) is 16.7. The Kier molecular flexibility index (Phi) is 6.50. The van der Waals surface area contributed by atoms with Crippen molar-refractivity contribution in [3.63, 3.8) is 0 Å². The van der Waals surface area contributed by atoms with Crippen LogP contribution in [0.5, 0.6) is 0 Å². The standard InChI is InChI=1S/C21H25N5O3/c1-3-14(4-2)13-29-21(28)15(11-22)19-20(26-10-9-23-18(27)12-26)25-17-8-6-5-7-16(17)24-19/h5-8,14,24H,3-4,9-10,12-13H2,1-2H3,(H,23,27). The number of ether oxygens (including phenoxy) is 1. The van der Waals surface area contributed by atoms with Crippen LogP contribution in [-0.2, 0) is 14.3 Å². The Balaban J connectivity index is 1.97. The second-order valence-electron chi connectivity index (χ2n) is 6.99. The van der Waals surface area contributed by atoms with Gasteiger partial charge in [-0.25, -0.2) is 9.79 Å². The summed E-state index contributed by atoms with van der Waals surface area (Å²) in [6, 6.07) is 9.33. The lowest BCUT2D eigenvalue weighted by Gasteiger charge is -2.33. The fourth-order valence-corrected chi connectivity index (χ4v) is 3.25. The van der Waals surface area contributed by atoms with E-state index in [0.29, 0.717) is 30.3 Å². The quantitative estimate of drug-likeness (QED) is 0.450. The van der Waals surface area contributed by atoms with Crippen LogP contribution >= 0.6 is 0 Å². The van der Waals surface area contributed by atoms with Crippen LogP contribution in [0.3, 0.4) is 0 Å². The number of rotatable bonds is 5. The smallest absolute Gasteiger partial charge is 0.351 e. The number of amides is 1. The number of benzene rings is 1. The van der Waals surface area contributed by atoms with E-state index in [-0.39, 0.29) is 36.2 Å². The van der Waals surface area contributed by atoms with Crippen LogP contribution in [0.15, 0.2) is 40.5 Å². The Morgan fingerprint density at radius 3 is 2.79 bits per heavy atom. The average Bonchev–Trinajstić information content (AvgIpc) is 2.74. The maximum atomic E-state index is 12.7. The molecule has 0 radical (unpaired) electrons. The number of esters is 1. The molecule has 1 fully saturated rings. The highest BCUT2D eigenvalue weighted by molar-refractivity contribution is 6.13. The Bertz CT molecular complexity index is 896. The molecule has 0 bridgehead atoms. The van der Waals surface area contributed by atoms with Gasteiger partial charge in [-0.05, 0) is 18.1 Å². The number of nitrogens with zero attached hydrogens (tertiary/aromatic N) is 3. The molecule has 0 aromatic heterocycles. The van der Waals surface area contributed by atoms with E-state index in [4.69, 9.17) is 4.74 Å². The van der Waals surface area contributed by atoms with Gasteiger partial charge in [-0.2, -0.15) is 5.26 Å². The van der Waals surface area contributed by atoms with Crippen molar-refractivity contribution < 1.29 is 14.3 Å². The van der Waals surface area contributed by atoms with E-state index in [1.807, 2.05) is 44.2 Å². The third-order valence-corrected chi connectivity index (χ3v) is 5.12. The molecule has 2 N–H and O–H groups in total. The van der Waals surface area contributed by atoms with Crippen LogP contribution in [0.25, 0.3) is 0 Å². The van der Waals surface area contributed by atoms with Crippen LogP contribution in [0.1, 0.15) is 26.7 Å². The SMILES string of the molecule is CCC(CC)COC(=O)C(C#N)=C1Nc2ccccc2N=C1N1CCNC(=O)C1. The summed E-state index contributed by atoms with van der Waals surface area (Å²) in [5, 5.41) is 15.7. The van der Waals surface area contributed by atoms with E-state index in [2.05, 4.69) is 15.6 Å². The molecule has 0 aliphatic carbocycles. The average molecular weight is 395 g/mol. The maximum absolute atomic E-state index is 12.7. The first-order chi connectivity index (χ1) is 14.1. The van der Waals surface area contributed by atoms with E-state index in [0.717, 1.165) is 12.8 Å². The van der Waals surface area contributed by atoms with Crippen molar-refractivity contribution >= 4 is 29.1 Å². The minimum absolute atomic E-state index is 0.105. The molecule has 8 heteroatoms. The highest BCUT2D eigenvalue weighted by Crippen LogP contribution is 2.32. The Morgan fingerprint density at radius 2 is 2.10 bits per heavy atom. The van der Waals surface area contributed by atoms with Gasteiger partial charge in [-0.3, -0.25) is 4.79 Å². The first-order valence-corrected chi connectivity index (χ1v) is 9.85. The number of fused-ring (bicyclic) bond motifs is 1. The molecule has 1 amide bonds. The largest absolute Gasteiger partial charge is 0.461 e. The summed E-state index contributed by atoms with van der Waals surface area (Å²) in [6.45, 7) is 5.44. The number of nitrogens with one attached hydrogen (secondary N) is 2. The van der Waals surface area contributed by atoms with Crippen molar-refractivity contribution in [2.45, 2.75) is 26.7 Å². The van der Waals surface area contributed by atoms with E-state index in [9.17, 15) is 14.9 Å². The molecule has 0 saturated carbocycles. The Morgan fingerprint density at radius 1 is 1.34 bits per heavy atom. The Labute approximate surface area is 170 Å². The van der Waals surface area contributed by atoms with Crippen LogP contribution in [0.4, 0.5) is 11.4 Å². The van der Waals surface area contributed by atoms with Gasteiger partial charge in [-0.1, -0.05) is 38.8 Å². The molecule has 2 aliphatic rings. The van der Waals surface area contributed by atoms with Crippen LogP contribution in [0, 0.1) is 17.2 Å². The maximum Gasteiger partial charge on any atom is 0.351 e. The van der Waals surface area contributed by atoms with Gasteiger partial charge < -0.3 is 20.3 Å². The molecule has 29 heavy (non-hydrogen) atoms. The number of hydrogen-bond acceptors (Lipinski definition) is 7. The first kappa shape index (κ1) is 20.4. The molecule has 0 atom stereocenters. The van der Waals surface area contributed by atoms with E-state index in [1.165, 1.54) is 0 Å². The van der Waals surface area contributed by atoms with Crippen LogP contribution in [-0.4, -0.2) is 48.9 Å². The number of hydrogen-bond donors (Lipinski definition) is 2. The van der Waals surface area contributed by atoms with Gasteiger partial charge in [0.2, 0.25) is 5.91 Å². The molecule has 0 spiro atoms. The normalized spacial score (nSPS) is 17.5. The second-order valence-corrected chi connectivity index (χ2v) is 6.99. The number of amidine groups is 1. The molecule has 2 heterocycles. The zero-order chi connectivity index (χ0) is 20.8. The second kappa shape index (κ2) is 9.24. The van der Waals surface area contributed by atoms with Gasteiger partial charge in [0.1, 0.15) is 11.8 Å². The van der Waals surface area contributed by atoms with Crippen LogP contribution < -0.4 is 10.6 Å². The highest BCUT2D eigenvalue weighted by Gasteiger charge is 2.31. The summed E-state index contributed by atoms with van der Waals surface area (Å²) in [5.74, 6) is -0.167. The van der Waals surface area contributed by atoms with Gasteiger partial charge in [0, 0.05) is 13.1 Å². The van der Waals surface area contributed by atoms with Crippen LogP contribution in [0.2, 0.25) is 0 Å². The number of para-hydroxylation sites is 2. The minimum Gasteiger partial charge on any atom is -0.461 e. The summed E-state index contributed by atoms with van der Waals surface area (Å²) in [5.41, 5.74) is 1.50. The highest BCUT2D eigenvalue weighted by atomic mass is 16.5. The van der Waals surface area contributed by atoms with Gasteiger partial charge in [-0.15, -0.1) is 0 Å². The topological polar surface area (TPSA) is 107 Å². The molecule has 8 nitrogen and oxygen atoms in total. The monoisotopic (exact) mass is 395 g/mol. The predicted octanol–water partition coefficient (Wildman–Crippen LogP) is 2.33. The summed E-state index contributed by atoms with van der Waals surface area (Å²) < 4.78 is 5.42. The van der Waals surface area contributed by atoms with Gasteiger partial charge >= 0.3 is 5.97 Å². The molecule has 1 saturated heterocycles. The number of carbonyl (C=O) groups excluding carboxylic acids is 2. The molecule has 1 aromatic carbocycles. The molecule has 152 valence electrons. The van der Waals surface area contributed by atoms with Gasteiger partial charge in [0.15, 0.2) is 11.4 Å². The zero-order valence-corrected chi connectivity index (χ0v) is 16.7. The minimum atomic E-state index is -0.685. The molecular formula is C21H25N5O3. The third kappa shape index (κ3) is 4.57. The molecule has 3 rings (SSSR count). The van der Waals surface area contributed by atoms with E-state index in [1.54, 1.807) is 4.90 Å². The number of anilines is 1. The summed E-state index contributed by atoms with van der Waals surface area (Å²) >= 11 is 0. The molecule has 1 aromatic rings. The van der Waals surface area contributed by atoms with Crippen molar-refractivity contribution in [3.8, 4) is 6.07 Å². The van der Waals surface area contributed by atoms with Crippen molar-refractivity contribution in [2.24, 2.45) is 10.9 Å².